The van der Waals surface area contributed by atoms with Crippen molar-refractivity contribution < 1.29 is 18.0 Å². The van der Waals surface area contributed by atoms with Crippen LogP contribution in [0.15, 0.2) is 42.0 Å². The van der Waals surface area contributed by atoms with Gasteiger partial charge in [-0.05, 0) is 24.3 Å². The molecule has 1 amide bonds. The van der Waals surface area contributed by atoms with E-state index >= 15 is 0 Å². The predicted octanol–water partition coefficient (Wildman–Crippen LogP) is 4.25. The number of alkyl halides is 3. The minimum Gasteiger partial charge on any atom is -0.298 e. The number of hydrogen-bond acceptors (Lipinski definition) is 4. The Balaban J connectivity index is 2.04. The molecule has 3 rings (SSSR count). The molecule has 10 heteroatoms. The van der Waals surface area contributed by atoms with Crippen LogP contribution in [0.3, 0.4) is 0 Å². The normalized spacial score (nSPS) is 11.5. The topological polar surface area (TPSA) is 59.8 Å². The number of thiazole rings is 1. The standard InChI is InChI=1S/C14H8ClF3N4OS/c15-8-1-3-9(4-2-8)22-11(14(16,17)18)10(7-20-22)12(23)21-13-19-5-6-24-13/h1-7H,(H,19,21,23). The van der Waals surface area contributed by atoms with Gasteiger partial charge in [0.2, 0.25) is 0 Å². The molecule has 0 spiro atoms. The van der Waals surface area contributed by atoms with Gasteiger partial charge in [-0.1, -0.05) is 11.6 Å². The molecular weight excluding hydrogens is 365 g/mol. The molecule has 2 aromatic heterocycles. The van der Waals surface area contributed by atoms with Crippen LogP contribution in [0.5, 0.6) is 0 Å². The Kier molecular flexibility index (Phi) is 4.29. The number of halogens is 4. The summed E-state index contributed by atoms with van der Waals surface area (Å²) in [7, 11) is 0. The minimum atomic E-state index is -4.77. The first-order chi connectivity index (χ1) is 11.4. The molecule has 0 aliphatic carbocycles. The Morgan fingerprint density at radius 1 is 1.25 bits per heavy atom. The van der Waals surface area contributed by atoms with Crippen molar-refractivity contribution in [1.82, 2.24) is 14.8 Å². The van der Waals surface area contributed by atoms with E-state index in [2.05, 4.69) is 15.4 Å². The molecule has 0 aliphatic rings. The van der Waals surface area contributed by atoms with Gasteiger partial charge in [0.15, 0.2) is 10.8 Å². The molecule has 3 aromatic rings. The van der Waals surface area contributed by atoms with Crippen LogP contribution in [0.4, 0.5) is 18.3 Å². The summed E-state index contributed by atoms with van der Waals surface area (Å²) in [5.74, 6) is -0.933. The summed E-state index contributed by atoms with van der Waals surface area (Å²) in [6.45, 7) is 0. The van der Waals surface area contributed by atoms with E-state index in [9.17, 15) is 18.0 Å². The van der Waals surface area contributed by atoms with E-state index in [4.69, 9.17) is 11.6 Å². The molecule has 0 saturated carbocycles. The zero-order valence-corrected chi connectivity index (χ0v) is 13.3. The van der Waals surface area contributed by atoms with E-state index in [0.717, 1.165) is 17.5 Å². The van der Waals surface area contributed by atoms with E-state index in [0.29, 0.717) is 9.70 Å². The lowest BCUT2D eigenvalue weighted by atomic mass is 10.2. The highest BCUT2D eigenvalue weighted by Crippen LogP contribution is 2.34. The first-order valence-electron chi connectivity index (χ1n) is 6.48. The second kappa shape index (κ2) is 6.25. The molecule has 0 saturated heterocycles. The maximum atomic E-state index is 13.5. The van der Waals surface area contributed by atoms with Gasteiger partial charge in [-0.25, -0.2) is 9.67 Å². The van der Waals surface area contributed by atoms with Gasteiger partial charge in [0.25, 0.3) is 5.91 Å². The largest absolute Gasteiger partial charge is 0.434 e. The molecule has 0 aliphatic heterocycles. The Hall–Kier alpha value is -2.39. The predicted molar refractivity (Wildman–Crippen MR) is 83.6 cm³/mol. The molecule has 124 valence electrons. The average molecular weight is 373 g/mol. The third kappa shape index (κ3) is 3.26. The van der Waals surface area contributed by atoms with Crippen LogP contribution in [-0.4, -0.2) is 20.7 Å². The van der Waals surface area contributed by atoms with Gasteiger partial charge >= 0.3 is 6.18 Å². The number of anilines is 1. The zero-order chi connectivity index (χ0) is 17.3. The first kappa shape index (κ1) is 16.5. The smallest absolute Gasteiger partial charge is 0.298 e. The van der Waals surface area contributed by atoms with Crippen molar-refractivity contribution in [1.29, 1.82) is 0 Å². The summed E-state index contributed by atoms with van der Waals surface area (Å²) >= 11 is 6.84. The molecule has 2 heterocycles. The van der Waals surface area contributed by atoms with Crippen molar-refractivity contribution >= 4 is 34.0 Å². The van der Waals surface area contributed by atoms with Gasteiger partial charge in [0.05, 0.1) is 17.4 Å². The van der Waals surface area contributed by atoms with Gasteiger partial charge in [0, 0.05) is 16.6 Å². The maximum Gasteiger partial charge on any atom is 0.434 e. The van der Waals surface area contributed by atoms with Crippen molar-refractivity contribution in [2.24, 2.45) is 0 Å². The van der Waals surface area contributed by atoms with Crippen LogP contribution in [0.25, 0.3) is 5.69 Å². The molecule has 0 fully saturated rings. The molecule has 0 radical (unpaired) electrons. The molecule has 0 bridgehead atoms. The number of hydrogen-bond donors (Lipinski definition) is 1. The Morgan fingerprint density at radius 2 is 1.96 bits per heavy atom. The number of carbonyl (C=O) groups is 1. The lowest BCUT2D eigenvalue weighted by Crippen LogP contribution is -2.20. The van der Waals surface area contributed by atoms with E-state index in [-0.39, 0.29) is 10.8 Å². The summed E-state index contributed by atoms with van der Waals surface area (Å²) < 4.78 is 41.1. The highest BCUT2D eigenvalue weighted by atomic mass is 35.5. The monoisotopic (exact) mass is 372 g/mol. The summed E-state index contributed by atoms with van der Waals surface area (Å²) in [5, 5.41) is 8.20. The third-order valence-electron chi connectivity index (χ3n) is 3.01. The molecule has 1 aromatic carbocycles. The van der Waals surface area contributed by atoms with Crippen LogP contribution in [0.1, 0.15) is 16.1 Å². The number of amides is 1. The Morgan fingerprint density at radius 3 is 2.54 bits per heavy atom. The number of benzene rings is 1. The second-order valence-corrected chi connectivity index (χ2v) is 5.92. The van der Waals surface area contributed by atoms with Crippen LogP contribution < -0.4 is 5.32 Å². The second-order valence-electron chi connectivity index (χ2n) is 4.58. The Bertz CT molecular complexity index is 859. The van der Waals surface area contributed by atoms with Gasteiger partial charge in [-0.15, -0.1) is 11.3 Å². The summed E-state index contributed by atoms with van der Waals surface area (Å²) in [4.78, 5) is 16.0. The molecule has 1 N–H and O–H groups in total. The molecule has 0 atom stereocenters. The third-order valence-corrected chi connectivity index (χ3v) is 3.95. The van der Waals surface area contributed by atoms with E-state index in [1.165, 1.54) is 30.5 Å². The Labute approximate surface area is 142 Å². The zero-order valence-electron chi connectivity index (χ0n) is 11.7. The molecule has 0 unspecified atom stereocenters. The first-order valence-corrected chi connectivity index (χ1v) is 7.74. The van der Waals surface area contributed by atoms with Crippen molar-refractivity contribution in [3.05, 3.63) is 58.3 Å². The van der Waals surface area contributed by atoms with Gasteiger partial charge in [-0.2, -0.15) is 18.3 Å². The van der Waals surface area contributed by atoms with E-state index in [1.807, 2.05) is 0 Å². The number of carbonyl (C=O) groups excluding carboxylic acids is 1. The number of rotatable bonds is 3. The summed E-state index contributed by atoms with van der Waals surface area (Å²) in [5.41, 5.74) is -1.62. The van der Waals surface area contributed by atoms with Crippen molar-refractivity contribution in [3.63, 3.8) is 0 Å². The van der Waals surface area contributed by atoms with Gasteiger partial charge < -0.3 is 0 Å². The van der Waals surface area contributed by atoms with Gasteiger partial charge in [0.1, 0.15) is 0 Å². The molecular formula is C14H8ClF3N4OS. The van der Waals surface area contributed by atoms with Crippen LogP contribution in [0, 0.1) is 0 Å². The summed E-state index contributed by atoms with van der Waals surface area (Å²) in [6, 6.07) is 5.64. The number of nitrogens with zero attached hydrogens (tertiary/aromatic N) is 3. The van der Waals surface area contributed by atoms with Crippen LogP contribution in [-0.2, 0) is 6.18 Å². The maximum absolute atomic E-state index is 13.5. The number of aromatic nitrogens is 3. The average Bonchev–Trinajstić information content (AvgIpc) is 3.16. The minimum absolute atomic E-state index is 0.139. The van der Waals surface area contributed by atoms with Crippen molar-refractivity contribution in [2.75, 3.05) is 5.32 Å². The SMILES string of the molecule is O=C(Nc1nccs1)c1cnn(-c2ccc(Cl)cc2)c1C(F)(F)F. The fraction of sp³-hybridized carbons (Fsp3) is 0.0714. The lowest BCUT2D eigenvalue weighted by Gasteiger charge is -2.12. The highest BCUT2D eigenvalue weighted by Gasteiger charge is 2.40. The quantitative estimate of drug-likeness (QED) is 0.747. The summed E-state index contributed by atoms with van der Waals surface area (Å²) in [6.07, 6.45) is -2.46. The number of nitrogens with one attached hydrogen (secondary N) is 1. The van der Waals surface area contributed by atoms with Crippen LogP contribution in [0.2, 0.25) is 5.02 Å². The van der Waals surface area contributed by atoms with E-state index < -0.39 is 23.3 Å². The lowest BCUT2D eigenvalue weighted by molar-refractivity contribution is -0.143. The van der Waals surface area contributed by atoms with Crippen molar-refractivity contribution in [3.8, 4) is 5.69 Å². The van der Waals surface area contributed by atoms with Crippen molar-refractivity contribution in [2.45, 2.75) is 6.18 Å². The highest BCUT2D eigenvalue weighted by molar-refractivity contribution is 7.13. The van der Waals surface area contributed by atoms with E-state index in [1.54, 1.807) is 5.38 Å². The fourth-order valence-corrected chi connectivity index (χ4v) is 2.67. The van der Waals surface area contributed by atoms with Gasteiger partial charge in [-0.3, -0.25) is 10.1 Å². The fourth-order valence-electron chi connectivity index (χ4n) is 2.02. The molecule has 24 heavy (non-hydrogen) atoms. The molecule has 5 nitrogen and oxygen atoms in total. The van der Waals surface area contributed by atoms with Crippen LogP contribution >= 0.6 is 22.9 Å².